The molecule has 0 saturated heterocycles. The number of rotatable bonds is 0. The maximum Gasteiger partial charge on any atom is 0.313 e. The van der Waals surface area contributed by atoms with E-state index >= 15 is 0 Å². The average Bonchev–Trinajstić information content (AvgIpc) is 2.11. The molecule has 0 amide bonds. The van der Waals surface area contributed by atoms with E-state index in [2.05, 4.69) is 27.6 Å². The van der Waals surface area contributed by atoms with E-state index in [1.165, 1.54) is 0 Å². The highest BCUT2D eigenvalue weighted by atomic mass is 35.5. The second-order valence-corrected chi connectivity index (χ2v) is 1.90. The summed E-state index contributed by atoms with van der Waals surface area (Å²) in [6, 6.07) is 3.67. The van der Waals surface area contributed by atoms with Crippen molar-refractivity contribution in [2.24, 2.45) is 0 Å². The fourth-order valence-corrected chi connectivity index (χ4v) is 0.227. The molecule has 4 heteroatoms. The number of carbonyl (C=O) groups is 1. The van der Waals surface area contributed by atoms with Crippen molar-refractivity contribution >= 4 is 27.9 Å². The minimum atomic E-state index is -0.889. The Morgan fingerprint density at radius 2 is 1.56 bits per heavy atom. The molecule has 0 aliphatic heterocycles. The first-order valence-corrected chi connectivity index (χ1v) is 2.81. The van der Waals surface area contributed by atoms with Crippen LogP contribution in [0.25, 0.3) is 0 Å². The van der Waals surface area contributed by atoms with Crippen LogP contribution in [0.4, 0.5) is 4.79 Å². The van der Waals surface area contributed by atoms with E-state index in [9.17, 15) is 0 Å². The van der Waals surface area contributed by atoms with Crippen LogP contribution in [0, 0.1) is 0 Å². The monoisotopic (exact) mass is 166 g/mol. The van der Waals surface area contributed by atoms with Crippen molar-refractivity contribution < 1.29 is 9.21 Å². The minimum Gasteiger partial charge on any atom is -0.473 e. The van der Waals surface area contributed by atoms with Crippen LogP contribution in [0.2, 0.25) is 0 Å². The molecule has 1 heterocycles. The third-order valence-corrected chi connectivity index (χ3v) is 0.425. The molecule has 0 spiro atoms. The normalized spacial score (nSPS) is 7.33. The van der Waals surface area contributed by atoms with Crippen LogP contribution < -0.4 is 0 Å². The summed E-state index contributed by atoms with van der Waals surface area (Å²) in [5, 5.41) is 0. The van der Waals surface area contributed by atoms with E-state index in [-0.39, 0.29) is 0 Å². The summed E-state index contributed by atoms with van der Waals surface area (Å²) in [7, 11) is 0. The Morgan fingerprint density at radius 1 is 1.22 bits per heavy atom. The summed E-state index contributed by atoms with van der Waals surface area (Å²) in [4.78, 5) is 8.98. The molecule has 0 atom stereocenters. The lowest BCUT2D eigenvalue weighted by molar-refractivity contribution is 0.275. The lowest BCUT2D eigenvalue weighted by atomic mass is 10.7. The summed E-state index contributed by atoms with van der Waals surface area (Å²) >= 11 is 8.80. The maximum absolute atomic E-state index is 8.98. The molecule has 0 aromatic carbocycles. The Morgan fingerprint density at radius 3 is 1.67 bits per heavy atom. The van der Waals surface area contributed by atoms with E-state index in [0.29, 0.717) is 0 Å². The van der Waals surface area contributed by atoms with Gasteiger partial charge < -0.3 is 4.42 Å². The van der Waals surface area contributed by atoms with Gasteiger partial charge in [0.05, 0.1) is 12.5 Å². The first-order valence-electron chi connectivity index (χ1n) is 2.05. The quantitative estimate of drug-likeness (QED) is 0.556. The molecule has 0 radical (unpaired) electrons. The van der Waals surface area contributed by atoms with Crippen LogP contribution in [-0.2, 0) is 0 Å². The third kappa shape index (κ3) is 11.2. The number of halogens is 2. The minimum absolute atomic E-state index is 0.889. The fraction of sp³-hybridized carbons (Fsp3) is 0. The van der Waals surface area contributed by atoms with Gasteiger partial charge in [0.15, 0.2) is 0 Å². The summed E-state index contributed by atoms with van der Waals surface area (Å²) in [6.07, 6.45) is 3.25. The van der Waals surface area contributed by atoms with E-state index in [1.54, 1.807) is 12.5 Å². The zero-order chi connectivity index (χ0) is 7.11. The molecule has 1 aromatic heterocycles. The van der Waals surface area contributed by atoms with Crippen molar-refractivity contribution in [1.82, 2.24) is 0 Å². The van der Waals surface area contributed by atoms with Gasteiger partial charge in [0.1, 0.15) is 0 Å². The van der Waals surface area contributed by atoms with Gasteiger partial charge in [-0.2, -0.15) is 0 Å². The van der Waals surface area contributed by atoms with Crippen molar-refractivity contribution in [3.63, 3.8) is 0 Å². The van der Waals surface area contributed by atoms with Gasteiger partial charge in [-0.1, -0.05) is 0 Å². The SMILES string of the molecule is O=C(Cl)Cl.c1ccoc1. The summed E-state index contributed by atoms with van der Waals surface area (Å²) in [5.74, 6) is 0. The predicted molar refractivity (Wildman–Crippen MR) is 35.8 cm³/mol. The molecule has 0 bridgehead atoms. The molecule has 0 saturated carbocycles. The number of carbonyl (C=O) groups excluding carboxylic acids is 1. The average molecular weight is 167 g/mol. The largest absolute Gasteiger partial charge is 0.473 e. The predicted octanol–water partition coefficient (Wildman–Crippen LogP) is 2.86. The fourth-order valence-electron chi connectivity index (χ4n) is 0.227. The van der Waals surface area contributed by atoms with E-state index < -0.39 is 4.70 Å². The second kappa shape index (κ2) is 5.66. The van der Waals surface area contributed by atoms with Crippen molar-refractivity contribution in [2.45, 2.75) is 0 Å². The second-order valence-electron chi connectivity index (χ2n) is 1.02. The smallest absolute Gasteiger partial charge is 0.313 e. The van der Waals surface area contributed by atoms with Crippen LogP contribution in [-0.4, -0.2) is 4.70 Å². The lowest BCUT2D eigenvalue weighted by Gasteiger charge is -1.50. The molecule has 0 aliphatic carbocycles. The molecule has 9 heavy (non-hydrogen) atoms. The summed E-state index contributed by atoms with van der Waals surface area (Å²) in [5.41, 5.74) is 0. The molecule has 2 nitrogen and oxygen atoms in total. The Bertz CT molecular complexity index is 127. The Kier molecular flexibility index (Phi) is 5.37. The number of hydrogen-bond acceptors (Lipinski definition) is 2. The first kappa shape index (κ1) is 8.53. The van der Waals surface area contributed by atoms with Gasteiger partial charge in [0, 0.05) is 0 Å². The zero-order valence-corrected chi connectivity index (χ0v) is 5.89. The third-order valence-electron chi connectivity index (χ3n) is 0.425. The highest BCUT2D eigenvalue weighted by Gasteiger charge is 1.72. The van der Waals surface area contributed by atoms with Gasteiger partial charge in [-0.3, -0.25) is 4.79 Å². The number of furan rings is 1. The summed E-state index contributed by atoms with van der Waals surface area (Å²) < 4.78 is 3.69. The van der Waals surface area contributed by atoms with Crippen LogP contribution >= 0.6 is 23.2 Å². The highest BCUT2D eigenvalue weighted by molar-refractivity contribution is 6.93. The number of hydrogen-bond donors (Lipinski definition) is 0. The Balaban J connectivity index is 0.000000148. The molecule has 50 valence electrons. The molecule has 0 unspecified atom stereocenters. The van der Waals surface area contributed by atoms with Crippen molar-refractivity contribution in [3.8, 4) is 0 Å². The molecular formula is C5H4Cl2O2. The van der Waals surface area contributed by atoms with Crippen molar-refractivity contribution in [3.05, 3.63) is 24.7 Å². The molecule has 0 aliphatic rings. The molecule has 0 N–H and O–H groups in total. The van der Waals surface area contributed by atoms with Gasteiger partial charge in [0.25, 0.3) is 0 Å². The van der Waals surface area contributed by atoms with Crippen LogP contribution in [0.3, 0.4) is 0 Å². The van der Waals surface area contributed by atoms with Crippen molar-refractivity contribution in [1.29, 1.82) is 0 Å². The topological polar surface area (TPSA) is 30.2 Å². The Labute approximate surface area is 62.4 Å². The Hall–Kier alpha value is -0.470. The van der Waals surface area contributed by atoms with Crippen LogP contribution in [0.5, 0.6) is 0 Å². The van der Waals surface area contributed by atoms with Gasteiger partial charge in [-0.25, -0.2) is 0 Å². The van der Waals surface area contributed by atoms with Gasteiger partial charge in [0.2, 0.25) is 0 Å². The molecule has 1 rings (SSSR count). The highest BCUT2D eigenvalue weighted by Crippen LogP contribution is 1.84. The van der Waals surface area contributed by atoms with Crippen LogP contribution in [0.1, 0.15) is 0 Å². The summed E-state index contributed by atoms with van der Waals surface area (Å²) in [6.45, 7) is 0. The van der Waals surface area contributed by atoms with E-state index in [4.69, 9.17) is 4.79 Å². The first-order chi connectivity index (χ1) is 4.23. The molecule has 0 fully saturated rings. The van der Waals surface area contributed by atoms with Crippen molar-refractivity contribution in [2.75, 3.05) is 0 Å². The van der Waals surface area contributed by atoms with Gasteiger partial charge in [-0.15, -0.1) is 0 Å². The zero-order valence-electron chi connectivity index (χ0n) is 4.38. The van der Waals surface area contributed by atoms with E-state index in [1.807, 2.05) is 12.1 Å². The molecular weight excluding hydrogens is 163 g/mol. The lowest BCUT2D eigenvalue weighted by Crippen LogP contribution is -1.46. The van der Waals surface area contributed by atoms with Gasteiger partial charge >= 0.3 is 4.70 Å². The van der Waals surface area contributed by atoms with E-state index in [0.717, 1.165) is 0 Å². The standard InChI is InChI=1S/C4H4O.CCl2O/c1-2-4-5-3-1;2-1(3)4/h1-4H;. The van der Waals surface area contributed by atoms with Gasteiger partial charge in [-0.05, 0) is 35.3 Å². The molecule has 1 aromatic rings. The van der Waals surface area contributed by atoms with Crippen LogP contribution in [0.15, 0.2) is 29.1 Å². The maximum atomic E-state index is 8.98.